The molecule has 0 radical (unpaired) electrons. The van der Waals surface area contributed by atoms with Gasteiger partial charge in [-0.1, -0.05) is 48.5 Å². The maximum atomic E-state index is 5.92. The molecule has 0 aliphatic rings. The van der Waals surface area contributed by atoms with Crippen LogP contribution in [0.3, 0.4) is 0 Å². The van der Waals surface area contributed by atoms with Crippen LogP contribution in [0.4, 0.5) is 0 Å². The van der Waals surface area contributed by atoms with Crippen LogP contribution in [0, 0.1) is 0 Å². The molecule has 70 valence electrons. The highest BCUT2D eigenvalue weighted by Crippen LogP contribution is 2.34. The van der Waals surface area contributed by atoms with Gasteiger partial charge in [0.25, 0.3) is 0 Å². The predicted octanol–water partition coefficient (Wildman–Crippen LogP) is 4.62. The van der Waals surface area contributed by atoms with Crippen LogP contribution in [0.2, 0.25) is 0 Å². The van der Waals surface area contributed by atoms with Crippen LogP contribution in [0.25, 0.3) is 16.2 Å². The Bertz CT molecular complexity index is 442. The number of rotatable bonds is 2. The van der Waals surface area contributed by atoms with Gasteiger partial charge >= 0.3 is 0 Å². The third kappa shape index (κ3) is 1.74. The first-order valence-corrected chi connectivity index (χ1v) is 5.52. The second-order valence-corrected chi connectivity index (χ2v) is 4.31. The summed E-state index contributed by atoms with van der Waals surface area (Å²) in [5, 5.41) is 2.64. The highest BCUT2D eigenvalue weighted by molar-refractivity contribution is 7.12. The summed E-state index contributed by atoms with van der Waals surface area (Å²) in [5.74, 6) is 0. The number of halogens is 1. The first kappa shape index (κ1) is 9.50. The monoisotopic (exact) mass is 220 g/mol. The van der Waals surface area contributed by atoms with Gasteiger partial charge in [0, 0.05) is 5.56 Å². The van der Waals surface area contributed by atoms with Crippen molar-refractivity contribution >= 4 is 28.0 Å². The van der Waals surface area contributed by atoms with E-state index in [1.165, 1.54) is 5.56 Å². The zero-order valence-electron chi connectivity index (χ0n) is 7.53. The van der Waals surface area contributed by atoms with Crippen molar-refractivity contribution in [3.63, 3.8) is 0 Å². The zero-order valence-corrected chi connectivity index (χ0v) is 9.11. The summed E-state index contributed by atoms with van der Waals surface area (Å²) in [4.78, 5) is 1.05. The van der Waals surface area contributed by atoms with E-state index in [0.717, 1.165) is 10.4 Å². The maximum absolute atomic E-state index is 5.92. The number of hydrogen-bond acceptors (Lipinski definition) is 1. The lowest BCUT2D eigenvalue weighted by Gasteiger charge is -2.01. The molecule has 2 aromatic rings. The smallest absolute Gasteiger partial charge is 0.0529 e. The quantitative estimate of drug-likeness (QED) is 0.693. The van der Waals surface area contributed by atoms with E-state index in [1.54, 1.807) is 11.3 Å². The van der Waals surface area contributed by atoms with E-state index in [1.807, 2.05) is 23.6 Å². The standard InChI is InChI=1S/C12H9ClS/c1-9(13)12-11(7-8-14-12)10-5-3-2-4-6-10/h2-8H,1H2. The fraction of sp³-hybridized carbons (Fsp3) is 0. The van der Waals surface area contributed by atoms with Crippen molar-refractivity contribution in [3.8, 4) is 11.1 Å². The summed E-state index contributed by atoms with van der Waals surface area (Å²) >= 11 is 7.54. The van der Waals surface area contributed by atoms with E-state index in [0.29, 0.717) is 5.03 Å². The maximum Gasteiger partial charge on any atom is 0.0529 e. The molecule has 0 amide bonds. The average molecular weight is 221 g/mol. The summed E-state index contributed by atoms with van der Waals surface area (Å²) < 4.78 is 0. The van der Waals surface area contributed by atoms with E-state index in [9.17, 15) is 0 Å². The lowest BCUT2D eigenvalue weighted by atomic mass is 10.1. The second kappa shape index (κ2) is 3.99. The molecule has 0 saturated carbocycles. The third-order valence-corrected chi connectivity index (χ3v) is 3.27. The van der Waals surface area contributed by atoms with Crippen molar-refractivity contribution in [2.45, 2.75) is 0 Å². The van der Waals surface area contributed by atoms with E-state index >= 15 is 0 Å². The summed E-state index contributed by atoms with van der Waals surface area (Å²) in [6, 6.07) is 12.3. The molecule has 0 N–H and O–H groups in total. The molecule has 0 fully saturated rings. The molecule has 2 rings (SSSR count). The first-order valence-electron chi connectivity index (χ1n) is 4.27. The minimum Gasteiger partial charge on any atom is -0.142 e. The molecule has 0 saturated heterocycles. The fourth-order valence-corrected chi connectivity index (χ4v) is 2.38. The predicted molar refractivity (Wildman–Crippen MR) is 64.6 cm³/mol. The SMILES string of the molecule is C=C(Cl)c1sccc1-c1ccccc1. The normalized spacial score (nSPS) is 10.1. The third-order valence-electron chi connectivity index (χ3n) is 2.00. The van der Waals surface area contributed by atoms with Gasteiger partial charge in [0.05, 0.1) is 9.91 Å². The van der Waals surface area contributed by atoms with Crippen molar-refractivity contribution in [2.24, 2.45) is 0 Å². The lowest BCUT2D eigenvalue weighted by Crippen LogP contribution is -1.76. The van der Waals surface area contributed by atoms with Crippen LogP contribution < -0.4 is 0 Å². The molecular weight excluding hydrogens is 212 g/mol. The van der Waals surface area contributed by atoms with Gasteiger partial charge in [0.15, 0.2) is 0 Å². The molecule has 1 aromatic heterocycles. The Balaban J connectivity index is 2.52. The Hall–Kier alpha value is -1.05. The van der Waals surface area contributed by atoms with E-state index in [4.69, 9.17) is 11.6 Å². The van der Waals surface area contributed by atoms with Crippen LogP contribution in [0.5, 0.6) is 0 Å². The summed E-state index contributed by atoms with van der Waals surface area (Å²) in [5.41, 5.74) is 2.35. The molecule has 0 nitrogen and oxygen atoms in total. The fourth-order valence-electron chi connectivity index (χ4n) is 1.36. The van der Waals surface area contributed by atoms with Gasteiger partial charge in [-0.15, -0.1) is 11.3 Å². The minimum atomic E-state index is 0.610. The lowest BCUT2D eigenvalue weighted by molar-refractivity contribution is 1.67. The van der Waals surface area contributed by atoms with Crippen LogP contribution in [-0.2, 0) is 0 Å². The van der Waals surface area contributed by atoms with Gasteiger partial charge in [0.1, 0.15) is 0 Å². The van der Waals surface area contributed by atoms with Crippen molar-refractivity contribution in [1.82, 2.24) is 0 Å². The molecular formula is C12H9ClS. The largest absolute Gasteiger partial charge is 0.142 e. The van der Waals surface area contributed by atoms with Gasteiger partial charge in [0.2, 0.25) is 0 Å². The highest BCUT2D eigenvalue weighted by atomic mass is 35.5. The molecule has 0 atom stereocenters. The van der Waals surface area contributed by atoms with E-state index < -0.39 is 0 Å². The number of hydrogen-bond donors (Lipinski definition) is 0. The number of benzene rings is 1. The molecule has 0 bridgehead atoms. The van der Waals surface area contributed by atoms with Crippen LogP contribution in [0.15, 0.2) is 48.4 Å². The number of thiophene rings is 1. The van der Waals surface area contributed by atoms with Crippen LogP contribution in [0.1, 0.15) is 4.88 Å². The van der Waals surface area contributed by atoms with Crippen molar-refractivity contribution in [3.05, 3.63) is 53.2 Å². The van der Waals surface area contributed by atoms with Crippen LogP contribution >= 0.6 is 22.9 Å². The Morgan fingerprint density at radius 1 is 1.14 bits per heavy atom. The van der Waals surface area contributed by atoms with Gasteiger partial charge in [-0.2, -0.15) is 0 Å². The molecule has 1 heterocycles. The zero-order chi connectivity index (χ0) is 9.97. The molecule has 0 aliphatic heterocycles. The van der Waals surface area contributed by atoms with E-state index in [2.05, 4.69) is 24.8 Å². The molecule has 1 aromatic carbocycles. The van der Waals surface area contributed by atoms with Crippen molar-refractivity contribution in [1.29, 1.82) is 0 Å². The molecule has 14 heavy (non-hydrogen) atoms. The summed E-state index contributed by atoms with van der Waals surface area (Å²) in [6.07, 6.45) is 0. The Kier molecular flexibility index (Phi) is 2.71. The Morgan fingerprint density at radius 3 is 2.50 bits per heavy atom. The Labute approximate surface area is 92.5 Å². The summed E-state index contributed by atoms with van der Waals surface area (Å²) in [6.45, 7) is 3.76. The van der Waals surface area contributed by atoms with Crippen LogP contribution in [-0.4, -0.2) is 0 Å². The van der Waals surface area contributed by atoms with Gasteiger partial charge in [-0.05, 0) is 17.0 Å². The topological polar surface area (TPSA) is 0 Å². The minimum absolute atomic E-state index is 0.610. The second-order valence-electron chi connectivity index (χ2n) is 2.93. The van der Waals surface area contributed by atoms with Crippen molar-refractivity contribution < 1.29 is 0 Å². The summed E-state index contributed by atoms with van der Waals surface area (Å²) in [7, 11) is 0. The van der Waals surface area contributed by atoms with Gasteiger partial charge in [-0.25, -0.2) is 0 Å². The van der Waals surface area contributed by atoms with Crippen molar-refractivity contribution in [2.75, 3.05) is 0 Å². The van der Waals surface area contributed by atoms with E-state index in [-0.39, 0.29) is 0 Å². The van der Waals surface area contributed by atoms with Gasteiger partial charge in [-0.3, -0.25) is 0 Å². The molecule has 0 spiro atoms. The Morgan fingerprint density at radius 2 is 1.86 bits per heavy atom. The molecule has 2 heteroatoms. The molecule has 0 unspecified atom stereocenters. The molecule has 0 aliphatic carbocycles. The first-order chi connectivity index (χ1) is 6.79. The average Bonchev–Trinajstić information content (AvgIpc) is 2.67. The van der Waals surface area contributed by atoms with Gasteiger partial charge < -0.3 is 0 Å². The highest BCUT2D eigenvalue weighted by Gasteiger charge is 2.07.